The standard InChI is InChI=1S/C21H25N3O4S/c25-20(18-9-13-1-5-22-10-19(13)29-18)23-6-2-15-16-11-24(12-17(15)16)21(26)28-14-3-7-27-8-4-14/h1,5,9-10,14-17H,2-4,6-8,11-12H2,(H,23,25)/t15-,16-,17+. The van der Waals surface area contributed by atoms with E-state index in [1.54, 1.807) is 12.4 Å². The van der Waals surface area contributed by atoms with Crippen molar-refractivity contribution in [2.24, 2.45) is 17.8 Å². The number of amides is 2. The van der Waals surface area contributed by atoms with Crippen LogP contribution in [0, 0.1) is 17.8 Å². The zero-order chi connectivity index (χ0) is 19.8. The van der Waals surface area contributed by atoms with E-state index in [0.29, 0.717) is 37.5 Å². The number of piperidine rings is 1. The van der Waals surface area contributed by atoms with E-state index in [1.807, 2.05) is 17.0 Å². The molecule has 7 nitrogen and oxygen atoms in total. The molecule has 0 aromatic carbocycles. The number of carbonyl (C=O) groups is 2. The van der Waals surface area contributed by atoms with Crippen molar-refractivity contribution in [1.82, 2.24) is 15.2 Å². The number of nitrogens with zero attached hydrogens (tertiary/aromatic N) is 2. The van der Waals surface area contributed by atoms with Crippen LogP contribution in [0.25, 0.3) is 10.1 Å². The van der Waals surface area contributed by atoms with Crippen LogP contribution < -0.4 is 5.32 Å². The summed E-state index contributed by atoms with van der Waals surface area (Å²) in [6.45, 7) is 3.60. The smallest absolute Gasteiger partial charge is 0.410 e. The van der Waals surface area contributed by atoms with Crippen molar-refractivity contribution in [3.8, 4) is 0 Å². The molecule has 1 N–H and O–H groups in total. The van der Waals surface area contributed by atoms with Crippen LogP contribution in [0.3, 0.4) is 0 Å². The van der Waals surface area contributed by atoms with E-state index in [4.69, 9.17) is 9.47 Å². The number of likely N-dealkylation sites (tertiary alicyclic amines) is 1. The summed E-state index contributed by atoms with van der Waals surface area (Å²) in [5.41, 5.74) is 0. The Kier molecular flexibility index (Phi) is 5.13. The summed E-state index contributed by atoms with van der Waals surface area (Å²) in [7, 11) is 0. The molecule has 2 aliphatic heterocycles. The Morgan fingerprint density at radius 2 is 2.07 bits per heavy atom. The summed E-state index contributed by atoms with van der Waals surface area (Å²) < 4.78 is 11.9. The minimum Gasteiger partial charge on any atom is -0.446 e. The molecule has 1 saturated carbocycles. The molecule has 2 saturated heterocycles. The number of nitrogens with one attached hydrogen (secondary N) is 1. The Balaban J connectivity index is 1.04. The van der Waals surface area contributed by atoms with E-state index in [-0.39, 0.29) is 18.1 Å². The lowest BCUT2D eigenvalue weighted by molar-refractivity contribution is -0.00949. The molecule has 8 heteroatoms. The van der Waals surface area contributed by atoms with Crippen molar-refractivity contribution in [1.29, 1.82) is 0 Å². The molecular formula is C21H25N3O4S. The SMILES string of the molecule is O=C(NCC[C@@H]1[C@H]2CN(C(=O)OC3CCOCC3)C[C@@H]12)c1cc2ccncc2s1. The lowest BCUT2D eigenvalue weighted by atomic mass is 10.1. The van der Waals surface area contributed by atoms with Crippen molar-refractivity contribution in [3.05, 3.63) is 29.4 Å². The van der Waals surface area contributed by atoms with Gasteiger partial charge in [0, 0.05) is 44.9 Å². The third-order valence-electron chi connectivity index (χ3n) is 6.38. The molecule has 0 unspecified atom stereocenters. The van der Waals surface area contributed by atoms with E-state index >= 15 is 0 Å². The summed E-state index contributed by atoms with van der Waals surface area (Å²) in [4.78, 5) is 31.4. The number of pyridine rings is 1. The maximum atomic E-state index is 12.4. The number of ether oxygens (including phenoxy) is 2. The number of thiophene rings is 1. The lowest BCUT2D eigenvalue weighted by Crippen LogP contribution is -2.36. The Hall–Kier alpha value is -2.19. The van der Waals surface area contributed by atoms with Gasteiger partial charge in [-0.1, -0.05) is 0 Å². The van der Waals surface area contributed by atoms with Crippen LogP contribution in [0.2, 0.25) is 0 Å². The quantitative estimate of drug-likeness (QED) is 0.812. The number of hydrogen-bond donors (Lipinski definition) is 1. The van der Waals surface area contributed by atoms with Gasteiger partial charge in [0.05, 0.1) is 22.8 Å². The number of hydrogen-bond acceptors (Lipinski definition) is 6. The summed E-state index contributed by atoms with van der Waals surface area (Å²) in [6.07, 6.45) is 5.93. The van der Waals surface area contributed by atoms with Crippen LogP contribution in [0.1, 0.15) is 28.9 Å². The van der Waals surface area contributed by atoms with Gasteiger partial charge in [0.15, 0.2) is 0 Å². The van der Waals surface area contributed by atoms with Crippen LogP contribution in [0.5, 0.6) is 0 Å². The third kappa shape index (κ3) is 3.96. The zero-order valence-corrected chi connectivity index (χ0v) is 17.0. The van der Waals surface area contributed by atoms with Crippen LogP contribution in [-0.2, 0) is 9.47 Å². The Bertz CT molecular complexity index is 865. The number of rotatable bonds is 5. The van der Waals surface area contributed by atoms with Crippen molar-refractivity contribution < 1.29 is 19.1 Å². The number of aromatic nitrogens is 1. The van der Waals surface area contributed by atoms with Gasteiger partial charge in [0.25, 0.3) is 5.91 Å². The molecule has 2 aromatic heterocycles. The topological polar surface area (TPSA) is 80.8 Å². The second kappa shape index (κ2) is 7.91. The van der Waals surface area contributed by atoms with E-state index in [1.165, 1.54) is 11.3 Å². The Labute approximate surface area is 173 Å². The second-order valence-electron chi connectivity index (χ2n) is 8.16. The van der Waals surface area contributed by atoms with Gasteiger partial charge in [-0.25, -0.2) is 4.79 Å². The molecule has 3 atom stereocenters. The number of carbonyl (C=O) groups excluding carboxylic acids is 2. The minimum atomic E-state index is -0.171. The Morgan fingerprint density at radius 1 is 1.28 bits per heavy atom. The molecule has 1 aliphatic carbocycles. The van der Waals surface area contributed by atoms with Crippen LogP contribution in [0.15, 0.2) is 24.5 Å². The zero-order valence-electron chi connectivity index (χ0n) is 16.2. The van der Waals surface area contributed by atoms with Gasteiger partial charge in [-0.05, 0) is 41.7 Å². The van der Waals surface area contributed by atoms with Gasteiger partial charge < -0.3 is 19.7 Å². The molecule has 0 spiro atoms. The number of fused-ring (bicyclic) bond motifs is 2. The first-order valence-electron chi connectivity index (χ1n) is 10.3. The molecule has 0 bridgehead atoms. The van der Waals surface area contributed by atoms with Gasteiger partial charge in [0.1, 0.15) is 6.10 Å². The van der Waals surface area contributed by atoms with Gasteiger partial charge in [-0.2, -0.15) is 0 Å². The summed E-state index contributed by atoms with van der Waals surface area (Å²) in [6, 6.07) is 3.84. The van der Waals surface area contributed by atoms with Gasteiger partial charge in [0.2, 0.25) is 0 Å². The molecule has 2 amide bonds. The van der Waals surface area contributed by atoms with Gasteiger partial charge in [-0.3, -0.25) is 9.78 Å². The average Bonchev–Trinajstić information content (AvgIpc) is 3.11. The van der Waals surface area contributed by atoms with E-state index in [2.05, 4.69) is 10.3 Å². The monoisotopic (exact) mass is 415 g/mol. The highest BCUT2D eigenvalue weighted by Gasteiger charge is 2.56. The van der Waals surface area contributed by atoms with E-state index in [0.717, 1.165) is 47.3 Å². The summed E-state index contributed by atoms with van der Waals surface area (Å²) in [5, 5.41) is 4.10. The average molecular weight is 416 g/mol. The van der Waals surface area contributed by atoms with Gasteiger partial charge in [-0.15, -0.1) is 11.3 Å². The fourth-order valence-electron chi connectivity index (χ4n) is 4.67. The molecule has 4 heterocycles. The lowest BCUT2D eigenvalue weighted by Gasteiger charge is -2.26. The Morgan fingerprint density at radius 3 is 2.83 bits per heavy atom. The van der Waals surface area contributed by atoms with Crippen molar-refractivity contribution in [2.75, 3.05) is 32.8 Å². The third-order valence-corrected chi connectivity index (χ3v) is 7.46. The predicted molar refractivity (Wildman–Crippen MR) is 109 cm³/mol. The maximum Gasteiger partial charge on any atom is 0.410 e. The fraction of sp³-hybridized carbons (Fsp3) is 0.571. The molecule has 154 valence electrons. The summed E-state index contributed by atoms with van der Waals surface area (Å²) >= 11 is 1.47. The van der Waals surface area contributed by atoms with Crippen LogP contribution >= 0.6 is 11.3 Å². The molecule has 2 aromatic rings. The van der Waals surface area contributed by atoms with Crippen LogP contribution in [-0.4, -0.2) is 60.8 Å². The molecular weight excluding hydrogens is 390 g/mol. The minimum absolute atomic E-state index is 0.00358. The molecule has 0 radical (unpaired) electrons. The van der Waals surface area contributed by atoms with Crippen molar-refractivity contribution in [2.45, 2.75) is 25.4 Å². The highest BCUT2D eigenvalue weighted by atomic mass is 32.1. The fourth-order valence-corrected chi connectivity index (χ4v) is 5.62. The van der Waals surface area contributed by atoms with Crippen molar-refractivity contribution in [3.63, 3.8) is 0 Å². The maximum absolute atomic E-state index is 12.4. The molecule has 3 fully saturated rings. The first-order chi connectivity index (χ1) is 14.2. The first kappa shape index (κ1) is 18.8. The first-order valence-corrected chi connectivity index (χ1v) is 11.2. The van der Waals surface area contributed by atoms with Crippen LogP contribution in [0.4, 0.5) is 4.79 Å². The second-order valence-corrected chi connectivity index (χ2v) is 9.24. The molecule has 5 rings (SSSR count). The van der Waals surface area contributed by atoms with Crippen molar-refractivity contribution >= 4 is 33.4 Å². The van der Waals surface area contributed by atoms with E-state index in [9.17, 15) is 9.59 Å². The molecule has 29 heavy (non-hydrogen) atoms. The molecule has 3 aliphatic rings. The normalized spacial score (nSPS) is 26.3. The highest BCUT2D eigenvalue weighted by molar-refractivity contribution is 7.20. The largest absolute Gasteiger partial charge is 0.446 e. The highest BCUT2D eigenvalue weighted by Crippen LogP contribution is 2.53. The predicted octanol–water partition coefficient (Wildman–Crippen LogP) is 2.91. The summed E-state index contributed by atoms with van der Waals surface area (Å²) in [5.74, 6) is 1.71. The van der Waals surface area contributed by atoms with E-state index < -0.39 is 0 Å². The van der Waals surface area contributed by atoms with Gasteiger partial charge >= 0.3 is 6.09 Å².